The molecule has 0 radical (unpaired) electrons. The molecule has 28 heavy (non-hydrogen) atoms. The molecule has 1 aromatic carbocycles. The molecule has 0 bridgehead atoms. The number of fused-ring (bicyclic) bond motifs is 1. The number of benzene rings is 1. The third kappa shape index (κ3) is 3.49. The van der Waals surface area contributed by atoms with Gasteiger partial charge in [-0.1, -0.05) is 17.8 Å². The molecule has 3 heterocycles. The van der Waals surface area contributed by atoms with Crippen molar-refractivity contribution in [3.8, 4) is 11.4 Å². The summed E-state index contributed by atoms with van der Waals surface area (Å²) in [4.78, 5) is 22.2. The van der Waals surface area contributed by atoms with Gasteiger partial charge in [0.25, 0.3) is 5.69 Å². The maximum atomic E-state index is 10.9. The quantitative estimate of drug-likeness (QED) is 0.221. The summed E-state index contributed by atoms with van der Waals surface area (Å²) in [6, 6.07) is 8.34. The Morgan fingerprint density at radius 1 is 1.32 bits per heavy atom. The number of H-pyrrole nitrogens is 1. The molecular weight excluding hydrogens is 378 g/mol. The topological polar surface area (TPSA) is 115 Å². The number of thioether (sulfide) groups is 1. The van der Waals surface area contributed by atoms with Crippen LogP contribution >= 0.6 is 11.8 Å². The molecule has 0 unspecified atom stereocenters. The smallest absolute Gasteiger partial charge is 0.271 e. The van der Waals surface area contributed by atoms with Gasteiger partial charge in [0.2, 0.25) is 0 Å². The van der Waals surface area contributed by atoms with Crippen LogP contribution in [0.3, 0.4) is 0 Å². The second-order valence-electron chi connectivity index (χ2n) is 5.88. The lowest BCUT2D eigenvalue weighted by molar-refractivity contribution is -0.384. The highest BCUT2D eigenvalue weighted by molar-refractivity contribution is 7.98. The van der Waals surface area contributed by atoms with Gasteiger partial charge in [-0.3, -0.25) is 19.7 Å². The number of aromatic nitrogens is 6. The molecule has 0 amide bonds. The van der Waals surface area contributed by atoms with Gasteiger partial charge in [-0.25, -0.2) is 4.98 Å². The number of non-ortho nitro benzene ring substituents is 1. The standard InChI is InChI=1S/C18H15N7O2S/c1-2-8-24-17(12-4-3-7-19-10-12)22-23-18(24)28-11-16-20-14-6-5-13(25(26)27)9-15(14)21-16/h2-7,9-10H,1,8,11H2,(H,20,21). The predicted molar refractivity (Wildman–Crippen MR) is 106 cm³/mol. The lowest BCUT2D eigenvalue weighted by Crippen LogP contribution is -2.01. The lowest BCUT2D eigenvalue weighted by atomic mass is 10.3. The van der Waals surface area contributed by atoms with Crippen LogP contribution < -0.4 is 0 Å². The summed E-state index contributed by atoms with van der Waals surface area (Å²) < 4.78 is 1.96. The third-order valence-corrected chi connectivity index (χ3v) is 4.99. The normalized spacial score (nSPS) is 11.0. The Bertz CT molecular complexity index is 1150. The fourth-order valence-corrected chi connectivity index (χ4v) is 3.58. The maximum absolute atomic E-state index is 10.9. The summed E-state index contributed by atoms with van der Waals surface area (Å²) in [6.07, 6.45) is 5.23. The Morgan fingerprint density at radius 2 is 2.21 bits per heavy atom. The SMILES string of the molecule is C=CCn1c(SCc2nc3ccc([N+](=O)[O-])cc3[nH]2)nnc1-c1cccnc1. The van der Waals surface area contributed by atoms with Crippen LogP contribution in [0.1, 0.15) is 5.82 Å². The molecule has 10 heteroatoms. The van der Waals surface area contributed by atoms with E-state index in [0.717, 1.165) is 16.5 Å². The Labute approximate surface area is 163 Å². The molecule has 0 fully saturated rings. The minimum Gasteiger partial charge on any atom is -0.341 e. The van der Waals surface area contributed by atoms with Crippen molar-refractivity contribution in [2.75, 3.05) is 0 Å². The number of pyridine rings is 1. The molecule has 0 saturated carbocycles. The van der Waals surface area contributed by atoms with E-state index in [4.69, 9.17) is 0 Å². The van der Waals surface area contributed by atoms with Crippen molar-refractivity contribution in [3.63, 3.8) is 0 Å². The number of hydrogen-bond acceptors (Lipinski definition) is 7. The van der Waals surface area contributed by atoms with Gasteiger partial charge in [0.1, 0.15) is 5.82 Å². The van der Waals surface area contributed by atoms with Gasteiger partial charge in [0.05, 0.1) is 21.7 Å². The van der Waals surface area contributed by atoms with E-state index in [2.05, 4.69) is 31.7 Å². The van der Waals surface area contributed by atoms with Gasteiger partial charge in [0, 0.05) is 36.6 Å². The third-order valence-electron chi connectivity index (χ3n) is 4.01. The van der Waals surface area contributed by atoms with Crippen molar-refractivity contribution < 1.29 is 4.92 Å². The molecule has 0 saturated heterocycles. The molecule has 1 N–H and O–H groups in total. The van der Waals surface area contributed by atoms with Crippen LogP contribution in [0.4, 0.5) is 5.69 Å². The first-order chi connectivity index (χ1) is 13.7. The van der Waals surface area contributed by atoms with Crippen molar-refractivity contribution >= 4 is 28.5 Å². The van der Waals surface area contributed by atoms with Gasteiger partial charge < -0.3 is 4.98 Å². The van der Waals surface area contributed by atoms with Gasteiger partial charge in [0.15, 0.2) is 11.0 Å². The molecule has 0 atom stereocenters. The van der Waals surface area contributed by atoms with Crippen molar-refractivity contribution in [1.29, 1.82) is 0 Å². The highest BCUT2D eigenvalue weighted by atomic mass is 32.2. The first-order valence-corrected chi connectivity index (χ1v) is 9.34. The van der Waals surface area contributed by atoms with Crippen LogP contribution in [0.15, 0.2) is 60.5 Å². The Kier molecular flexibility index (Phi) is 4.85. The fourth-order valence-electron chi connectivity index (χ4n) is 2.76. The van der Waals surface area contributed by atoms with E-state index in [9.17, 15) is 10.1 Å². The molecule has 4 aromatic rings. The average Bonchev–Trinajstić information content (AvgIpc) is 3.30. The predicted octanol–water partition coefficient (Wildman–Crippen LogP) is 3.60. The van der Waals surface area contributed by atoms with Crippen molar-refractivity contribution in [2.24, 2.45) is 0 Å². The number of aromatic amines is 1. The van der Waals surface area contributed by atoms with Gasteiger partial charge in [-0.2, -0.15) is 0 Å². The number of rotatable bonds is 7. The Morgan fingerprint density at radius 3 is 2.96 bits per heavy atom. The van der Waals surface area contributed by atoms with Gasteiger partial charge in [-0.05, 0) is 18.2 Å². The number of hydrogen-bond donors (Lipinski definition) is 1. The lowest BCUT2D eigenvalue weighted by Gasteiger charge is -2.06. The number of allylic oxidation sites excluding steroid dienone is 1. The highest BCUT2D eigenvalue weighted by Crippen LogP contribution is 2.27. The zero-order valence-corrected chi connectivity index (χ0v) is 15.5. The Hall–Kier alpha value is -3.53. The molecule has 0 aliphatic rings. The van der Waals surface area contributed by atoms with Crippen LogP contribution in [0.2, 0.25) is 0 Å². The van der Waals surface area contributed by atoms with E-state index in [-0.39, 0.29) is 5.69 Å². The minimum atomic E-state index is -0.424. The zero-order valence-electron chi connectivity index (χ0n) is 14.6. The van der Waals surface area contributed by atoms with Crippen molar-refractivity contribution in [3.05, 3.63) is 71.3 Å². The number of nitrogens with one attached hydrogen (secondary N) is 1. The fraction of sp³-hybridized carbons (Fsp3) is 0.111. The molecule has 3 aromatic heterocycles. The van der Waals surface area contributed by atoms with Crippen molar-refractivity contribution in [2.45, 2.75) is 17.5 Å². The summed E-state index contributed by atoms with van der Waals surface area (Å²) in [5.41, 5.74) is 2.22. The molecule has 140 valence electrons. The van der Waals surface area contributed by atoms with E-state index < -0.39 is 4.92 Å². The van der Waals surface area contributed by atoms with E-state index in [1.807, 2.05) is 16.7 Å². The zero-order chi connectivity index (χ0) is 19.5. The van der Waals surface area contributed by atoms with E-state index in [0.29, 0.717) is 29.2 Å². The first-order valence-electron chi connectivity index (χ1n) is 8.36. The maximum Gasteiger partial charge on any atom is 0.271 e. The Balaban J connectivity index is 1.58. The number of nitrogens with zero attached hydrogens (tertiary/aromatic N) is 6. The molecule has 9 nitrogen and oxygen atoms in total. The number of nitro benzene ring substituents is 1. The van der Waals surface area contributed by atoms with Gasteiger partial charge >= 0.3 is 0 Å². The number of nitro groups is 1. The average molecular weight is 393 g/mol. The molecule has 0 aliphatic carbocycles. The van der Waals surface area contributed by atoms with E-state index >= 15 is 0 Å². The molecule has 4 rings (SSSR count). The number of imidazole rings is 1. The van der Waals surface area contributed by atoms with Crippen LogP contribution in [0.25, 0.3) is 22.4 Å². The second kappa shape index (κ2) is 7.61. The van der Waals surface area contributed by atoms with Crippen LogP contribution in [0.5, 0.6) is 0 Å². The molecular formula is C18H15N7O2S. The first kappa shape index (κ1) is 17.9. The summed E-state index contributed by atoms with van der Waals surface area (Å²) in [6.45, 7) is 4.37. The summed E-state index contributed by atoms with van der Waals surface area (Å²) >= 11 is 1.47. The minimum absolute atomic E-state index is 0.0298. The van der Waals surface area contributed by atoms with Crippen LogP contribution in [-0.2, 0) is 12.3 Å². The summed E-state index contributed by atoms with van der Waals surface area (Å²) in [5, 5.41) is 20.2. The van der Waals surface area contributed by atoms with Crippen molar-refractivity contribution in [1.82, 2.24) is 29.7 Å². The largest absolute Gasteiger partial charge is 0.341 e. The summed E-state index contributed by atoms with van der Waals surface area (Å²) in [5.74, 6) is 1.94. The van der Waals surface area contributed by atoms with E-state index in [1.165, 1.54) is 23.9 Å². The van der Waals surface area contributed by atoms with E-state index in [1.54, 1.807) is 24.5 Å². The molecule has 0 aliphatic heterocycles. The van der Waals surface area contributed by atoms with Crippen LogP contribution in [0, 0.1) is 10.1 Å². The van der Waals surface area contributed by atoms with Gasteiger partial charge in [-0.15, -0.1) is 16.8 Å². The van der Waals surface area contributed by atoms with Crippen LogP contribution in [-0.4, -0.2) is 34.6 Å². The summed E-state index contributed by atoms with van der Waals surface area (Å²) in [7, 11) is 0. The molecule has 0 spiro atoms. The highest BCUT2D eigenvalue weighted by Gasteiger charge is 2.15. The second-order valence-corrected chi connectivity index (χ2v) is 6.82. The monoisotopic (exact) mass is 393 g/mol.